The Balaban J connectivity index is 3.12. The van der Waals surface area contributed by atoms with Gasteiger partial charge in [-0.3, -0.25) is 0 Å². The van der Waals surface area contributed by atoms with E-state index in [9.17, 15) is 8.78 Å². The summed E-state index contributed by atoms with van der Waals surface area (Å²) in [5.41, 5.74) is 7.61. The van der Waals surface area contributed by atoms with Crippen LogP contribution in [0.3, 0.4) is 0 Å². The summed E-state index contributed by atoms with van der Waals surface area (Å²) in [6, 6.07) is 4.27. The molecule has 0 spiro atoms. The number of alkyl halides is 2. The topological polar surface area (TPSA) is 26.0 Å². The molecule has 0 unspecified atom stereocenters. The lowest BCUT2D eigenvalue weighted by atomic mass is 9.97. The average Bonchev–Trinajstić information content (AvgIpc) is 2.03. The summed E-state index contributed by atoms with van der Waals surface area (Å²) in [5.74, 6) is 0. The zero-order valence-electron chi connectivity index (χ0n) is 7.72. The maximum absolute atomic E-state index is 12.3. The van der Waals surface area contributed by atoms with Crippen molar-refractivity contribution in [3.63, 3.8) is 0 Å². The predicted molar refractivity (Wildman–Crippen MR) is 48.8 cm³/mol. The summed E-state index contributed by atoms with van der Waals surface area (Å²) >= 11 is 0. The highest BCUT2D eigenvalue weighted by Crippen LogP contribution is 2.24. The van der Waals surface area contributed by atoms with Crippen molar-refractivity contribution >= 4 is 0 Å². The van der Waals surface area contributed by atoms with Gasteiger partial charge in [0.1, 0.15) is 0 Å². The Morgan fingerprint density at radius 3 is 2.00 bits per heavy atom. The molecule has 0 heterocycles. The van der Waals surface area contributed by atoms with Gasteiger partial charge in [0, 0.05) is 0 Å². The molecule has 0 bridgehead atoms. The molecule has 0 amide bonds. The summed E-state index contributed by atoms with van der Waals surface area (Å²) in [7, 11) is 0. The van der Waals surface area contributed by atoms with Gasteiger partial charge in [0.2, 0.25) is 0 Å². The summed E-state index contributed by atoms with van der Waals surface area (Å²) < 4.78 is 24.7. The van der Waals surface area contributed by atoms with Crippen molar-refractivity contribution in [2.24, 2.45) is 5.73 Å². The van der Waals surface area contributed by atoms with Crippen LogP contribution in [0.1, 0.15) is 22.7 Å². The Morgan fingerprint density at radius 2 is 1.62 bits per heavy atom. The fraction of sp³-hybridized carbons (Fsp3) is 0.400. The summed E-state index contributed by atoms with van der Waals surface area (Å²) in [5, 5.41) is 0. The van der Waals surface area contributed by atoms with E-state index in [1.165, 1.54) is 0 Å². The van der Waals surface area contributed by atoms with Crippen molar-refractivity contribution < 1.29 is 8.78 Å². The highest BCUT2D eigenvalue weighted by molar-refractivity contribution is 5.36. The van der Waals surface area contributed by atoms with Crippen LogP contribution >= 0.6 is 0 Å². The molecule has 0 aliphatic rings. The third kappa shape index (κ3) is 2.04. The number of nitrogens with two attached hydrogens (primary N) is 1. The third-order valence-electron chi connectivity index (χ3n) is 2.15. The van der Waals surface area contributed by atoms with Crippen LogP contribution in [0.2, 0.25) is 0 Å². The second kappa shape index (κ2) is 3.83. The van der Waals surface area contributed by atoms with Crippen molar-refractivity contribution in [2.45, 2.75) is 26.3 Å². The number of benzene rings is 1. The first-order valence-corrected chi connectivity index (χ1v) is 4.14. The minimum atomic E-state index is -2.50. The van der Waals surface area contributed by atoms with E-state index in [0.717, 1.165) is 11.1 Å². The van der Waals surface area contributed by atoms with Crippen molar-refractivity contribution in [1.29, 1.82) is 0 Å². The van der Waals surface area contributed by atoms with Gasteiger partial charge >= 0.3 is 0 Å². The van der Waals surface area contributed by atoms with Gasteiger partial charge in [-0.25, -0.2) is 8.78 Å². The van der Waals surface area contributed by atoms with Crippen LogP contribution in [0.5, 0.6) is 0 Å². The molecule has 1 aromatic rings. The van der Waals surface area contributed by atoms with Crippen LogP contribution in [-0.4, -0.2) is 6.43 Å². The molecule has 0 aliphatic carbocycles. The molecule has 1 rings (SSSR count). The first-order valence-electron chi connectivity index (χ1n) is 4.14. The number of halogens is 2. The van der Waals surface area contributed by atoms with E-state index in [1.807, 2.05) is 6.07 Å². The van der Waals surface area contributed by atoms with Gasteiger partial charge < -0.3 is 5.73 Å². The highest BCUT2D eigenvalue weighted by atomic mass is 19.3. The molecule has 0 saturated heterocycles. The van der Waals surface area contributed by atoms with E-state index >= 15 is 0 Å². The SMILES string of the molecule is Cc1cccc(C)c1[C@@H](N)C(F)F. The van der Waals surface area contributed by atoms with Gasteiger partial charge in [-0.05, 0) is 30.5 Å². The molecule has 1 aromatic carbocycles. The molecule has 0 radical (unpaired) electrons. The van der Waals surface area contributed by atoms with E-state index < -0.39 is 12.5 Å². The summed E-state index contributed by atoms with van der Waals surface area (Å²) in [6.07, 6.45) is -2.50. The van der Waals surface area contributed by atoms with E-state index in [-0.39, 0.29) is 0 Å². The first-order chi connectivity index (χ1) is 6.04. The lowest BCUT2D eigenvalue weighted by Crippen LogP contribution is -2.21. The molecule has 1 atom stereocenters. The normalized spacial score (nSPS) is 13.4. The Bertz CT molecular complexity index is 277. The van der Waals surface area contributed by atoms with Gasteiger partial charge in [0.05, 0.1) is 6.04 Å². The molecule has 0 saturated carbocycles. The molecule has 72 valence electrons. The number of rotatable bonds is 2. The van der Waals surface area contributed by atoms with Crippen LogP contribution in [0.15, 0.2) is 18.2 Å². The van der Waals surface area contributed by atoms with Crippen molar-refractivity contribution in [3.8, 4) is 0 Å². The summed E-state index contributed by atoms with van der Waals surface area (Å²) in [4.78, 5) is 0. The Labute approximate surface area is 76.6 Å². The second-order valence-corrected chi connectivity index (χ2v) is 3.17. The van der Waals surface area contributed by atoms with E-state index in [0.29, 0.717) is 5.56 Å². The summed E-state index contributed by atoms with van der Waals surface area (Å²) in [6.45, 7) is 3.59. The van der Waals surface area contributed by atoms with Gasteiger partial charge in [-0.1, -0.05) is 18.2 Å². The smallest absolute Gasteiger partial charge is 0.257 e. The minimum Gasteiger partial charge on any atom is -0.319 e. The number of hydrogen-bond donors (Lipinski definition) is 1. The predicted octanol–water partition coefficient (Wildman–Crippen LogP) is 2.57. The van der Waals surface area contributed by atoms with Gasteiger partial charge in [0.15, 0.2) is 0 Å². The molecule has 2 N–H and O–H groups in total. The molecule has 1 nitrogen and oxygen atoms in total. The Hall–Kier alpha value is -0.960. The second-order valence-electron chi connectivity index (χ2n) is 3.17. The average molecular weight is 185 g/mol. The molecular formula is C10H13F2N. The van der Waals surface area contributed by atoms with Crippen molar-refractivity contribution in [2.75, 3.05) is 0 Å². The number of aryl methyl sites for hydroxylation is 2. The van der Waals surface area contributed by atoms with Crippen LogP contribution < -0.4 is 5.73 Å². The van der Waals surface area contributed by atoms with E-state index in [1.54, 1.807) is 26.0 Å². The third-order valence-corrected chi connectivity index (χ3v) is 2.15. The monoisotopic (exact) mass is 185 g/mol. The largest absolute Gasteiger partial charge is 0.319 e. The first kappa shape index (κ1) is 10.1. The van der Waals surface area contributed by atoms with Crippen LogP contribution in [-0.2, 0) is 0 Å². The van der Waals surface area contributed by atoms with Gasteiger partial charge in [-0.2, -0.15) is 0 Å². The standard InChI is InChI=1S/C10H13F2N/c1-6-4-3-5-7(2)8(6)9(13)10(11)12/h3-5,9-10H,13H2,1-2H3/t9-/m1/s1. The molecular weight excluding hydrogens is 172 g/mol. The molecule has 0 aromatic heterocycles. The fourth-order valence-corrected chi connectivity index (χ4v) is 1.48. The molecule has 0 fully saturated rings. The number of hydrogen-bond acceptors (Lipinski definition) is 1. The molecule has 0 aliphatic heterocycles. The lowest BCUT2D eigenvalue weighted by Gasteiger charge is -2.16. The maximum atomic E-state index is 12.3. The quantitative estimate of drug-likeness (QED) is 0.752. The Kier molecular flexibility index (Phi) is 2.98. The van der Waals surface area contributed by atoms with E-state index in [4.69, 9.17) is 5.73 Å². The fourth-order valence-electron chi connectivity index (χ4n) is 1.48. The molecule has 13 heavy (non-hydrogen) atoms. The van der Waals surface area contributed by atoms with Crippen molar-refractivity contribution in [1.82, 2.24) is 0 Å². The van der Waals surface area contributed by atoms with Crippen LogP contribution in [0, 0.1) is 13.8 Å². The highest BCUT2D eigenvalue weighted by Gasteiger charge is 2.20. The van der Waals surface area contributed by atoms with E-state index in [2.05, 4.69) is 0 Å². The van der Waals surface area contributed by atoms with Crippen LogP contribution in [0.25, 0.3) is 0 Å². The Morgan fingerprint density at radius 1 is 1.15 bits per heavy atom. The van der Waals surface area contributed by atoms with Crippen molar-refractivity contribution in [3.05, 3.63) is 34.9 Å². The lowest BCUT2D eigenvalue weighted by molar-refractivity contribution is 0.116. The molecule has 3 heteroatoms. The van der Waals surface area contributed by atoms with Crippen LogP contribution in [0.4, 0.5) is 8.78 Å². The van der Waals surface area contributed by atoms with Gasteiger partial charge in [0.25, 0.3) is 6.43 Å². The maximum Gasteiger partial charge on any atom is 0.257 e. The van der Waals surface area contributed by atoms with Gasteiger partial charge in [-0.15, -0.1) is 0 Å². The zero-order chi connectivity index (χ0) is 10.0. The minimum absolute atomic E-state index is 0.567. The zero-order valence-corrected chi connectivity index (χ0v) is 7.72.